The van der Waals surface area contributed by atoms with E-state index in [0.717, 1.165) is 44.1 Å². The molecule has 0 amide bonds. The molecule has 1 aromatic carbocycles. The van der Waals surface area contributed by atoms with E-state index in [1.165, 1.54) is 0 Å². The van der Waals surface area contributed by atoms with Crippen molar-refractivity contribution in [2.45, 2.75) is 20.1 Å². The molecule has 0 bridgehead atoms. The summed E-state index contributed by atoms with van der Waals surface area (Å²) in [7, 11) is 3.54. The Bertz CT molecular complexity index is 626. The molecule has 1 N–H and O–H groups in total. The van der Waals surface area contributed by atoms with Crippen LogP contribution in [0, 0.1) is 6.92 Å². The summed E-state index contributed by atoms with van der Waals surface area (Å²) < 4.78 is 18.4. The molecule has 0 aliphatic carbocycles. The molecule has 0 spiro atoms. The predicted molar refractivity (Wildman–Crippen MR) is 88.9 cm³/mol. The number of nitrogens with one attached hydrogen (secondary N) is 1. The lowest BCUT2D eigenvalue weighted by Crippen LogP contribution is -2.04. The van der Waals surface area contributed by atoms with Crippen LogP contribution in [0.3, 0.4) is 0 Å². The van der Waals surface area contributed by atoms with Gasteiger partial charge in [-0.2, -0.15) is 0 Å². The molecule has 0 aliphatic heterocycles. The van der Waals surface area contributed by atoms with Gasteiger partial charge in [-0.1, -0.05) is 0 Å². The second kappa shape index (κ2) is 7.33. The van der Waals surface area contributed by atoms with Gasteiger partial charge in [-0.25, -0.2) is 0 Å². The second-order valence-corrected chi connectivity index (χ2v) is 6.24. The highest BCUT2D eigenvalue weighted by Crippen LogP contribution is 2.36. The van der Waals surface area contributed by atoms with Gasteiger partial charge in [0.1, 0.15) is 29.6 Å². The van der Waals surface area contributed by atoms with Crippen molar-refractivity contribution in [3.63, 3.8) is 0 Å². The smallest absolute Gasteiger partial charge is 0.146 e. The number of rotatable bonds is 6. The molecule has 21 heavy (non-hydrogen) atoms. The Morgan fingerprint density at radius 1 is 1.14 bits per heavy atom. The molecule has 0 saturated heterocycles. The van der Waals surface area contributed by atoms with Gasteiger partial charge in [0.25, 0.3) is 0 Å². The molecule has 0 aliphatic rings. The third kappa shape index (κ3) is 4.02. The minimum Gasteiger partial charge on any atom is -0.496 e. The van der Waals surface area contributed by atoms with Gasteiger partial charge in [-0.05, 0) is 64.0 Å². The monoisotopic (exact) mass is 417 g/mol. The van der Waals surface area contributed by atoms with Crippen LogP contribution in [0.4, 0.5) is 0 Å². The number of ether oxygens (including phenoxy) is 2. The summed E-state index contributed by atoms with van der Waals surface area (Å²) in [4.78, 5) is 0. The van der Waals surface area contributed by atoms with Gasteiger partial charge in [0.15, 0.2) is 0 Å². The molecule has 0 fully saturated rings. The van der Waals surface area contributed by atoms with E-state index in [9.17, 15) is 0 Å². The molecule has 6 heteroatoms. The summed E-state index contributed by atoms with van der Waals surface area (Å²) in [6.45, 7) is 3.12. The zero-order chi connectivity index (χ0) is 15.4. The Balaban J connectivity index is 2.09. The van der Waals surface area contributed by atoms with Crippen LogP contribution in [-0.4, -0.2) is 14.2 Å². The molecule has 1 aromatic heterocycles. The van der Waals surface area contributed by atoms with E-state index in [1.807, 2.05) is 32.2 Å². The third-order valence-corrected chi connectivity index (χ3v) is 4.25. The van der Waals surface area contributed by atoms with Crippen LogP contribution in [0.5, 0.6) is 11.5 Å². The zero-order valence-electron chi connectivity index (χ0n) is 12.1. The maximum atomic E-state index is 5.80. The number of aryl methyl sites for hydroxylation is 1. The Kier molecular flexibility index (Phi) is 5.72. The molecule has 2 rings (SSSR count). The van der Waals surface area contributed by atoms with E-state index in [2.05, 4.69) is 37.2 Å². The standard InChI is InChI=1S/C15H17Br2NO3/c1-9-10(7-18-2)4-11(21-9)8-20-15-6-12(16)14(19-3)5-13(15)17/h4-6,18H,7-8H2,1-3H3. The number of benzene rings is 1. The summed E-state index contributed by atoms with van der Waals surface area (Å²) in [6.07, 6.45) is 0. The number of methoxy groups -OCH3 is 1. The number of hydrogen-bond donors (Lipinski definition) is 1. The van der Waals surface area contributed by atoms with Crippen LogP contribution in [-0.2, 0) is 13.2 Å². The fourth-order valence-electron chi connectivity index (χ4n) is 1.95. The van der Waals surface area contributed by atoms with Gasteiger partial charge in [0, 0.05) is 12.1 Å². The molecule has 0 saturated carbocycles. The van der Waals surface area contributed by atoms with Gasteiger partial charge < -0.3 is 19.2 Å². The SMILES string of the molecule is CNCc1cc(COc2cc(Br)c(OC)cc2Br)oc1C. The van der Waals surface area contributed by atoms with Crippen molar-refractivity contribution < 1.29 is 13.9 Å². The van der Waals surface area contributed by atoms with Crippen LogP contribution >= 0.6 is 31.9 Å². The lowest BCUT2D eigenvalue weighted by Gasteiger charge is -2.10. The molecule has 0 atom stereocenters. The minimum absolute atomic E-state index is 0.377. The van der Waals surface area contributed by atoms with Crippen molar-refractivity contribution >= 4 is 31.9 Å². The van der Waals surface area contributed by atoms with E-state index in [4.69, 9.17) is 13.9 Å². The molecule has 114 valence electrons. The number of hydrogen-bond acceptors (Lipinski definition) is 4. The predicted octanol–water partition coefficient (Wildman–Crippen LogP) is 4.42. The number of halogens is 2. The van der Waals surface area contributed by atoms with Crippen LogP contribution in [0.2, 0.25) is 0 Å². The first-order chi connectivity index (χ1) is 10.0. The van der Waals surface area contributed by atoms with Gasteiger partial charge in [0.2, 0.25) is 0 Å². The Labute approximate surface area is 141 Å². The van der Waals surface area contributed by atoms with Crippen molar-refractivity contribution in [2.75, 3.05) is 14.2 Å². The second-order valence-electron chi connectivity index (χ2n) is 4.53. The van der Waals surface area contributed by atoms with Crippen LogP contribution in [0.1, 0.15) is 17.1 Å². The van der Waals surface area contributed by atoms with Gasteiger partial charge in [-0.3, -0.25) is 0 Å². The summed E-state index contributed by atoms with van der Waals surface area (Å²) in [5, 5.41) is 3.11. The average molecular weight is 419 g/mol. The van der Waals surface area contributed by atoms with Gasteiger partial charge >= 0.3 is 0 Å². The van der Waals surface area contributed by atoms with E-state index in [1.54, 1.807) is 7.11 Å². The van der Waals surface area contributed by atoms with Crippen molar-refractivity contribution in [1.82, 2.24) is 5.32 Å². The number of furan rings is 1. The zero-order valence-corrected chi connectivity index (χ0v) is 15.3. The van der Waals surface area contributed by atoms with Crippen molar-refractivity contribution in [1.29, 1.82) is 0 Å². The lowest BCUT2D eigenvalue weighted by atomic mass is 10.2. The molecular formula is C15H17Br2NO3. The van der Waals surface area contributed by atoms with Crippen LogP contribution < -0.4 is 14.8 Å². The summed E-state index contributed by atoms with van der Waals surface area (Å²) in [6, 6.07) is 5.74. The van der Waals surface area contributed by atoms with Crippen molar-refractivity contribution in [3.05, 3.63) is 44.2 Å². The molecule has 1 heterocycles. The molecule has 0 radical (unpaired) electrons. The topological polar surface area (TPSA) is 43.6 Å². The highest BCUT2D eigenvalue weighted by molar-refractivity contribution is 9.11. The normalized spacial score (nSPS) is 10.7. The Morgan fingerprint density at radius 3 is 2.48 bits per heavy atom. The van der Waals surface area contributed by atoms with Crippen LogP contribution in [0.15, 0.2) is 31.6 Å². The highest BCUT2D eigenvalue weighted by atomic mass is 79.9. The fraction of sp³-hybridized carbons (Fsp3) is 0.333. The Hall–Kier alpha value is -0.980. The van der Waals surface area contributed by atoms with E-state index < -0.39 is 0 Å². The summed E-state index contributed by atoms with van der Waals surface area (Å²) >= 11 is 6.92. The quantitative estimate of drug-likeness (QED) is 0.753. The molecule has 4 nitrogen and oxygen atoms in total. The van der Waals surface area contributed by atoms with Gasteiger partial charge in [-0.15, -0.1) is 0 Å². The molecular weight excluding hydrogens is 402 g/mol. The van der Waals surface area contributed by atoms with E-state index in [-0.39, 0.29) is 0 Å². The average Bonchev–Trinajstić information content (AvgIpc) is 2.80. The fourth-order valence-corrected chi connectivity index (χ4v) is 2.87. The summed E-state index contributed by atoms with van der Waals surface area (Å²) in [5.41, 5.74) is 1.14. The van der Waals surface area contributed by atoms with Crippen molar-refractivity contribution in [3.8, 4) is 11.5 Å². The molecule has 0 unspecified atom stereocenters. The first-order valence-corrected chi connectivity index (χ1v) is 8.02. The molecule has 2 aromatic rings. The van der Waals surface area contributed by atoms with E-state index >= 15 is 0 Å². The van der Waals surface area contributed by atoms with Crippen molar-refractivity contribution in [2.24, 2.45) is 0 Å². The van der Waals surface area contributed by atoms with Gasteiger partial charge in [0.05, 0.1) is 16.1 Å². The third-order valence-electron chi connectivity index (χ3n) is 3.02. The maximum absolute atomic E-state index is 5.80. The Morgan fingerprint density at radius 2 is 1.81 bits per heavy atom. The maximum Gasteiger partial charge on any atom is 0.146 e. The first-order valence-electron chi connectivity index (χ1n) is 6.43. The highest BCUT2D eigenvalue weighted by Gasteiger charge is 2.11. The van der Waals surface area contributed by atoms with Crippen LogP contribution in [0.25, 0.3) is 0 Å². The largest absolute Gasteiger partial charge is 0.496 e. The minimum atomic E-state index is 0.377. The summed E-state index contributed by atoms with van der Waals surface area (Å²) in [5.74, 6) is 3.20. The first kappa shape index (κ1) is 16.4. The lowest BCUT2D eigenvalue weighted by molar-refractivity contribution is 0.265. The van der Waals surface area contributed by atoms with E-state index in [0.29, 0.717) is 6.61 Å².